The van der Waals surface area contributed by atoms with Gasteiger partial charge in [0, 0.05) is 0 Å². The Kier molecular flexibility index (Phi) is 5.77. The van der Waals surface area contributed by atoms with Gasteiger partial charge in [0.2, 0.25) is 0 Å². The van der Waals surface area contributed by atoms with E-state index in [2.05, 4.69) is 18.6 Å². The van der Waals surface area contributed by atoms with Crippen molar-refractivity contribution in [2.45, 2.75) is 40.0 Å². The third-order valence-corrected chi connectivity index (χ3v) is 2.14. The second kappa shape index (κ2) is 6.04. The maximum atomic E-state index is 11.0. The molecule has 12 heavy (non-hydrogen) atoms. The molecule has 0 saturated carbocycles. The molecular formula is C10H20O2. The van der Waals surface area contributed by atoms with Crippen LogP contribution < -0.4 is 0 Å². The molecule has 0 fully saturated rings. The minimum absolute atomic E-state index is 0.0524. The molecule has 0 aromatic heterocycles. The Morgan fingerprint density at radius 1 is 1.42 bits per heavy atom. The lowest BCUT2D eigenvalue weighted by Crippen LogP contribution is -2.15. The summed E-state index contributed by atoms with van der Waals surface area (Å²) in [5, 5.41) is 0. The molecule has 0 heterocycles. The lowest BCUT2D eigenvalue weighted by Gasteiger charge is -2.14. The van der Waals surface area contributed by atoms with Crippen LogP contribution in [-0.4, -0.2) is 13.1 Å². The summed E-state index contributed by atoms with van der Waals surface area (Å²) in [4.78, 5) is 11.0. The van der Waals surface area contributed by atoms with Gasteiger partial charge in [-0.2, -0.15) is 0 Å². The van der Waals surface area contributed by atoms with Crippen molar-refractivity contribution in [2.75, 3.05) is 7.11 Å². The minimum atomic E-state index is -0.0852. The Hall–Kier alpha value is -0.530. The number of rotatable bonds is 5. The Balaban J connectivity index is 3.67. The smallest absolute Gasteiger partial charge is 0.308 e. The fourth-order valence-corrected chi connectivity index (χ4v) is 1.51. The average Bonchev–Trinajstić information content (AvgIpc) is 2.03. The van der Waals surface area contributed by atoms with Crippen LogP contribution in [0.4, 0.5) is 0 Å². The molecule has 0 saturated heterocycles. The third-order valence-electron chi connectivity index (χ3n) is 2.14. The standard InChI is InChI=1S/C10H20O2/c1-5-6-8(2)7-9(3)10(11)12-4/h8-9H,5-7H2,1-4H3/t8-,9+/m0/s1. The molecule has 2 nitrogen and oxygen atoms in total. The number of methoxy groups -OCH3 is 1. The van der Waals surface area contributed by atoms with E-state index in [1.165, 1.54) is 20.0 Å². The van der Waals surface area contributed by atoms with Gasteiger partial charge in [-0.3, -0.25) is 4.79 Å². The summed E-state index contributed by atoms with van der Waals surface area (Å²) in [6.45, 7) is 6.28. The first-order valence-corrected chi connectivity index (χ1v) is 4.69. The fourth-order valence-electron chi connectivity index (χ4n) is 1.51. The van der Waals surface area contributed by atoms with Crippen LogP contribution in [-0.2, 0) is 9.53 Å². The van der Waals surface area contributed by atoms with Crippen LogP contribution in [0.15, 0.2) is 0 Å². The average molecular weight is 172 g/mol. The molecule has 0 unspecified atom stereocenters. The first-order valence-electron chi connectivity index (χ1n) is 4.69. The van der Waals surface area contributed by atoms with Crippen molar-refractivity contribution in [3.63, 3.8) is 0 Å². The zero-order valence-corrected chi connectivity index (χ0v) is 8.59. The summed E-state index contributed by atoms with van der Waals surface area (Å²) in [6, 6.07) is 0. The van der Waals surface area contributed by atoms with Gasteiger partial charge >= 0.3 is 5.97 Å². The number of ether oxygens (including phenoxy) is 1. The molecule has 0 radical (unpaired) electrons. The summed E-state index contributed by atoms with van der Waals surface area (Å²) in [5.74, 6) is 0.596. The van der Waals surface area contributed by atoms with Gasteiger partial charge in [-0.15, -0.1) is 0 Å². The summed E-state index contributed by atoms with van der Waals surface area (Å²) in [5.41, 5.74) is 0. The van der Waals surface area contributed by atoms with E-state index >= 15 is 0 Å². The zero-order chi connectivity index (χ0) is 9.56. The highest BCUT2D eigenvalue weighted by molar-refractivity contribution is 5.71. The molecule has 0 bridgehead atoms. The molecule has 2 heteroatoms. The van der Waals surface area contributed by atoms with E-state index in [0.29, 0.717) is 5.92 Å². The van der Waals surface area contributed by atoms with Gasteiger partial charge in [-0.05, 0) is 12.3 Å². The van der Waals surface area contributed by atoms with Crippen molar-refractivity contribution in [2.24, 2.45) is 11.8 Å². The maximum Gasteiger partial charge on any atom is 0.308 e. The molecule has 0 aromatic rings. The molecule has 0 N–H and O–H groups in total. The lowest BCUT2D eigenvalue weighted by molar-refractivity contribution is -0.145. The topological polar surface area (TPSA) is 26.3 Å². The third kappa shape index (κ3) is 4.37. The van der Waals surface area contributed by atoms with E-state index < -0.39 is 0 Å². The fraction of sp³-hybridized carbons (Fsp3) is 0.900. The van der Waals surface area contributed by atoms with Gasteiger partial charge in [0.25, 0.3) is 0 Å². The number of hydrogen-bond donors (Lipinski definition) is 0. The van der Waals surface area contributed by atoms with Gasteiger partial charge in [-0.25, -0.2) is 0 Å². The Morgan fingerprint density at radius 3 is 2.42 bits per heavy atom. The molecule has 0 aromatic carbocycles. The number of hydrogen-bond acceptors (Lipinski definition) is 2. The van der Waals surface area contributed by atoms with Crippen molar-refractivity contribution in [3.8, 4) is 0 Å². The predicted octanol–water partition coefficient (Wildman–Crippen LogP) is 2.62. The van der Waals surface area contributed by atoms with E-state index in [0.717, 1.165) is 6.42 Å². The van der Waals surface area contributed by atoms with Crippen molar-refractivity contribution in [3.05, 3.63) is 0 Å². The summed E-state index contributed by atoms with van der Waals surface area (Å²) in [6.07, 6.45) is 3.33. The largest absolute Gasteiger partial charge is 0.469 e. The van der Waals surface area contributed by atoms with Crippen LogP contribution in [0.2, 0.25) is 0 Å². The highest BCUT2D eigenvalue weighted by Gasteiger charge is 2.15. The quantitative estimate of drug-likeness (QED) is 0.596. The number of carbonyl (C=O) groups excluding carboxylic acids is 1. The van der Waals surface area contributed by atoms with E-state index in [4.69, 9.17) is 0 Å². The minimum Gasteiger partial charge on any atom is -0.469 e. The first kappa shape index (κ1) is 11.5. The molecular weight excluding hydrogens is 152 g/mol. The Morgan fingerprint density at radius 2 is 2.00 bits per heavy atom. The van der Waals surface area contributed by atoms with Crippen LogP contribution in [0.25, 0.3) is 0 Å². The van der Waals surface area contributed by atoms with E-state index in [1.807, 2.05) is 6.92 Å². The van der Waals surface area contributed by atoms with Gasteiger partial charge in [0.05, 0.1) is 13.0 Å². The molecule has 0 aliphatic rings. The second-order valence-corrected chi connectivity index (χ2v) is 3.55. The van der Waals surface area contributed by atoms with E-state index in [-0.39, 0.29) is 11.9 Å². The first-order chi connectivity index (χ1) is 5.61. The molecule has 0 aliphatic carbocycles. The van der Waals surface area contributed by atoms with Crippen LogP contribution in [0, 0.1) is 11.8 Å². The van der Waals surface area contributed by atoms with Crippen LogP contribution in [0.5, 0.6) is 0 Å². The summed E-state index contributed by atoms with van der Waals surface area (Å²) >= 11 is 0. The van der Waals surface area contributed by atoms with Gasteiger partial charge in [-0.1, -0.05) is 33.6 Å². The molecule has 0 spiro atoms. The van der Waals surface area contributed by atoms with Gasteiger partial charge < -0.3 is 4.74 Å². The predicted molar refractivity (Wildman–Crippen MR) is 49.9 cm³/mol. The highest BCUT2D eigenvalue weighted by atomic mass is 16.5. The SMILES string of the molecule is CCC[C@H](C)C[C@@H](C)C(=O)OC. The van der Waals surface area contributed by atoms with E-state index in [9.17, 15) is 4.79 Å². The molecule has 0 aliphatic heterocycles. The van der Waals surface area contributed by atoms with Crippen molar-refractivity contribution < 1.29 is 9.53 Å². The van der Waals surface area contributed by atoms with Crippen molar-refractivity contribution >= 4 is 5.97 Å². The molecule has 0 amide bonds. The Labute approximate surface area is 75.3 Å². The summed E-state index contributed by atoms with van der Waals surface area (Å²) < 4.78 is 4.65. The van der Waals surface area contributed by atoms with Crippen molar-refractivity contribution in [1.29, 1.82) is 0 Å². The molecule has 0 rings (SSSR count). The van der Waals surface area contributed by atoms with Crippen LogP contribution >= 0.6 is 0 Å². The number of carbonyl (C=O) groups is 1. The second-order valence-electron chi connectivity index (χ2n) is 3.55. The van der Waals surface area contributed by atoms with Crippen LogP contribution in [0.1, 0.15) is 40.0 Å². The normalized spacial score (nSPS) is 15.3. The van der Waals surface area contributed by atoms with Crippen LogP contribution in [0.3, 0.4) is 0 Å². The molecule has 72 valence electrons. The Bertz CT molecular complexity index is 132. The van der Waals surface area contributed by atoms with Gasteiger partial charge in [0.1, 0.15) is 0 Å². The number of esters is 1. The zero-order valence-electron chi connectivity index (χ0n) is 8.59. The van der Waals surface area contributed by atoms with Crippen molar-refractivity contribution in [1.82, 2.24) is 0 Å². The molecule has 2 atom stereocenters. The van der Waals surface area contributed by atoms with E-state index in [1.54, 1.807) is 0 Å². The highest BCUT2D eigenvalue weighted by Crippen LogP contribution is 2.17. The monoisotopic (exact) mass is 172 g/mol. The summed E-state index contributed by atoms with van der Waals surface area (Å²) in [7, 11) is 1.45. The van der Waals surface area contributed by atoms with Gasteiger partial charge in [0.15, 0.2) is 0 Å². The maximum absolute atomic E-state index is 11.0. The lowest BCUT2D eigenvalue weighted by atomic mass is 9.94.